The Balaban J connectivity index is 1.95. The molecule has 0 fully saturated rings. The van der Waals surface area contributed by atoms with Gasteiger partial charge in [0.2, 0.25) is 0 Å². The quantitative estimate of drug-likeness (QED) is 0.722. The lowest BCUT2D eigenvalue weighted by atomic mass is 10.2. The molecule has 0 aliphatic rings. The van der Waals surface area contributed by atoms with Crippen LogP contribution in [-0.2, 0) is 6.42 Å². The summed E-state index contributed by atoms with van der Waals surface area (Å²) >= 11 is 11.1. The first-order valence-electron chi connectivity index (χ1n) is 6.69. The van der Waals surface area contributed by atoms with Gasteiger partial charge in [-0.15, -0.1) is 10.2 Å². The molecule has 2 aromatic rings. The van der Waals surface area contributed by atoms with Gasteiger partial charge in [0.15, 0.2) is 0 Å². The second-order valence-corrected chi connectivity index (χ2v) is 6.83. The Hall–Kier alpha value is -0.490. The highest BCUT2D eigenvalue weighted by Crippen LogP contribution is 2.32. The van der Waals surface area contributed by atoms with E-state index in [0.29, 0.717) is 5.02 Å². The van der Waals surface area contributed by atoms with Crippen LogP contribution in [0.15, 0.2) is 22.7 Å². The third-order valence-corrected chi connectivity index (χ3v) is 4.71. The molecule has 1 N–H and O–H groups in total. The predicted octanol–water partition coefficient (Wildman–Crippen LogP) is 4.55. The van der Waals surface area contributed by atoms with E-state index in [0.717, 1.165) is 46.0 Å². The fraction of sp³-hybridized carbons (Fsp3) is 0.429. The van der Waals surface area contributed by atoms with Crippen molar-refractivity contribution >= 4 is 38.9 Å². The Morgan fingerprint density at radius 1 is 1.30 bits per heavy atom. The van der Waals surface area contributed by atoms with Crippen LogP contribution in [0, 0.1) is 0 Å². The zero-order chi connectivity index (χ0) is 14.4. The van der Waals surface area contributed by atoms with Gasteiger partial charge >= 0.3 is 0 Å². The minimum absolute atomic E-state index is 0.715. The molecule has 0 saturated heterocycles. The van der Waals surface area contributed by atoms with Crippen LogP contribution < -0.4 is 5.32 Å². The van der Waals surface area contributed by atoms with E-state index < -0.39 is 0 Å². The Bertz CT molecular complexity index is 559. The van der Waals surface area contributed by atoms with Crippen molar-refractivity contribution in [2.75, 3.05) is 13.1 Å². The smallest absolute Gasteiger partial charge is 0.148 e. The molecule has 2 rings (SSSR count). The first kappa shape index (κ1) is 15.9. The lowest BCUT2D eigenvalue weighted by molar-refractivity contribution is 0.637. The molecular weight excluding hydrogens is 358 g/mol. The molecule has 0 bridgehead atoms. The average molecular weight is 375 g/mol. The molecular formula is C14H17BrClN3S. The van der Waals surface area contributed by atoms with Crippen molar-refractivity contribution in [2.45, 2.75) is 26.2 Å². The summed E-state index contributed by atoms with van der Waals surface area (Å²) in [5, 5.41) is 14.7. The molecule has 1 aromatic heterocycles. The normalized spacial score (nSPS) is 10.9. The number of hydrogen-bond acceptors (Lipinski definition) is 4. The molecule has 0 saturated carbocycles. The van der Waals surface area contributed by atoms with E-state index in [-0.39, 0.29) is 0 Å². The van der Waals surface area contributed by atoms with Crippen molar-refractivity contribution in [3.05, 3.63) is 32.7 Å². The third kappa shape index (κ3) is 4.52. The summed E-state index contributed by atoms with van der Waals surface area (Å²) in [4.78, 5) is 0. The minimum atomic E-state index is 0.715. The summed E-state index contributed by atoms with van der Waals surface area (Å²) in [6.07, 6.45) is 3.24. The highest BCUT2D eigenvalue weighted by molar-refractivity contribution is 9.10. The fourth-order valence-corrected chi connectivity index (χ4v) is 3.72. The van der Waals surface area contributed by atoms with Gasteiger partial charge in [-0.1, -0.05) is 45.8 Å². The van der Waals surface area contributed by atoms with Gasteiger partial charge < -0.3 is 5.32 Å². The lowest BCUT2D eigenvalue weighted by Crippen LogP contribution is -2.16. The van der Waals surface area contributed by atoms with Crippen LogP contribution in [0.3, 0.4) is 0 Å². The monoisotopic (exact) mass is 373 g/mol. The van der Waals surface area contributed by atoms with E-state index in [9.17, 15) is 0 Å². The second kappa shape index (κ2) is 8.08. The molecule has 0 spiro atoms. The zero-order valence-corrected chi connectivity index (χ0v) is 14.5. The lowest BCUT2D eigenvalue weighted by Gasteiger charge is -2.00. The first-order valence-corrected chi connectivity index (χ1v) is 8.68. The van der Waals surface area contributed by atoms with Crippen LogP contribution in [0.2, 0.25) is 5.02 Å². The number of aromatic nitrogens is 2. The summed E-state index contributed by atoms with van der Waals surface area (Å²) in [5.74, 6) is 0. The van der Waals surface area contributed by atoms with Gasteiger partial charge in [-0.05, 0) is 44.1 Å². The van der Waals surface area contributed by atoms with E-state index in [1.54, 1.807) is 11.3 Å². The maximum Gasteiger partial charge on any atom is 0.148 e. The van der Waals surface area contributed by atoms with Crippen LogP contribution in [0.5, 0.6) is 0 Å². The van der Waals surface area contributed by atoms with Crippen molar-refractivity contribution in [1.82, 2.24) is 15.5 Å². The number of nitrogens with one attached hydrogen (secondary N) is 1. The van der Waals surface area contributed by atoms with Crippen LogP contribution in [0.1, 0.15) is 24.8 Å². The number of benzene rings is 1. The molecule has 0 unspecified atom stereocenters. The number of rotatable bonds is 7. The SMILES string of the molecule is CCCNCCCc1nnc(-c2ccc(Cl)cc2Br)s1. The highest BCUT2D eigenvalue weighted by atomic mass is 79.9. The largest absolute Gasteiger partial charge is 0.317 e. The van der Waals surface area contributed by atoms with Gasteiger partial charge in [0.25, 0.3) is 0 Å². The summed E-state index contributed by atoms with van der Waals surface area (Å²) in [6.45, 7) is 4.29. The van der Waals surface area contributed by atoms with Crippen molar-refractivity contribution in [3.8, 4) is 10.6 Å². The minimum Gasteiger partial charge on any atom is -0.317 e. The van der Waals surface area contributed by atoms with Gasteiger partial charge in [-0.25, -0.2) is 0 Å². The molecule has 0 aliphatic heterocycles. The molecule has 20 heavy (non-hydrogen) atoms. The van der Waals surface area contributed by atoms with Crippen molar-refractivity contribution in [3.63, 3.8) is 0 Å². The maximum atomic E-state index is 5.95. The molecule has 108 valence electrons. The maximum absolute atomic E-state index is 5.95. The average Bonchev–Trinajstić information content (AvgIpc) is 2.87. The Morgan fingerprint density at radius 2 is 2.15 bits per heavy atom. The van der Waals surface area contributed by atoms with Crippen LogP contribution >= 0.6 is 38.9 Å². The van der Waals surface area contributed by atoms with E-state index >= 15 is 0 Å². The topological polar surface area (TPSA) is 37.8 Å². The van der Waals surface area contributed by atoms with Crippen LogP contribution in [-0.4, -0.2) is 23.3 Å². The fourth-order valence-electron chi connectivity index (χ4n) is 1.79. The molecule has 0 radical (unpaired) electrons. The van der Waals surface area contributed by atoms with E-state index in [1.807, 2.05) is 18.2 Å². The molecule has 0 amide bonds. The van der Waals surface area contributed by atoms with Gasteiger partial charge in [0.05, 0.1) is 0 Å². The van der Waals surface area contributed by atoms with E-state index in [2.05, 4.69) is 38.4 Å². The molecule has 0 atom stereocenters. The Kier molecular flexibility index (Phi) is 6.42. The number of aryl methyl sites for hydroxylation is 1. The third-order valence-electron chi connectivity index (χ3n) is 2.80. The molecule has 1 heterocycles. The molecule has 0 aliphatic carbocycles. The highest BCUT2D eigenvalue weighted by Gasteiger charge is 2.10. The van der Waals surface area contributed by atoms with Gasteiger partial charge in [-0.3, -0.25) is 0 Å². The summed E-state index contributed by atoms with van der Waals surface area (Å²) < 4.78 is 0.956. The van der Waals surface area contributed by atoms with Gasteiger partial charge in [0.1, 0.15) is 10.0 Å². The van der Waals surface area contributed by atoms with Crippen molar-refractivity contribution in [1.29, 1.82) is 0 Å². The van der Waals surface area contributed by atoms with Crippen LogP contribution in [0.25, 0.3) is 10.6 Å². The van der Waals surface area contributed by atoms with Crippen molar-refractivity contribution < 1.29 is 0 Å². The second-order valence-electron chi connectivity index (χ2n) is 4.48. The number of hydrogen-bond donors (Lipinski definition) is 1. The molecule has 3 nitrogen and oxygen atoms in total. The number of halogens is 2. The zero-order valence-electron chi connectivity index (χ0n) is 11.3. The van der Waals surface area contributed by atoms with Crippen molar-refractivity contribution in [2.24, 2.45) is 0 Å². The van der Waals surface area contributed by atoms with Gasteiger partial charge in [-0.2, -0.15) is 0 Å². The predicted molar refractivity (Wildman–Crippen MR) is 89.5 cm³/mol. The summed E-state index contributed by atoms with van der Waals surface area (Å²) in [5.41, 5.74) is 1.04. The van der Waals surface area contributed by atoms with E-state index in [1.165, 1.54) is 6.42 Å². The molecule has 6 heteroatoms. The number of nitrogens with zero attached hydrogens (tertiary/aromatic N) is 2. The Morgan fingerprint density at radius 3 is 2.90 bits per heavy atom. The Labute approximate surface area is 136 Å². The van der Waals surface area contributed by atoms with Gasteiger partial charge in [0, 0.05) is 21.5 Å². The first-order chi connectivity index (χ1) is 9.70. The van der Waals surface area contributed by atoms with Crippen LogP contribution in [0.4, 0.5) is 0 Å². The molecule has 1 aromatic carbocycles. The summed E-state index contributed by atoms with van der Waals surface area (Å²) in [6, 6.07) is 5.73. The summed E-state index contributed by atoms with van der Waals surface area (Å²) in [7, 11) is 0. The standard InChI is InChI=1S/C14H17BrClN3S/c1-2-7-17-8-3-4-13-18-19-14(20-13)11-6-5-10(16)9-12(11)15/h5-6,9,17H,2-4,7-8H2,1H3. The van der Waals surface area contributed by atoms with E-state index in [4.69, 9.17) is 11.6 Å².